The van der Waals surface area contributed by atoms with E-state index in [0.717, 1.165) is 12.8 Å². The van der Waals surface area contributed by atoms with E-state index in [-0.39, 0.29) is 12.0 Å². The second-order valence-electron chi connectivity index (χ2n) is 4.64. The molecule has 1 aromatic rings. The molecule has 0 spiro atoms. The number of aliphatic hydroxyl groups is 1. The monoisotopic (exact) mass is 238 g/mol. The normalized spacial score (nSPS) is 19.4. The average Bonchev–Trinajstić information content (AvgIpc) is 2.74. The maximum Gasteiger partial charge on any atom is 0.291 e. The van der Waals surface area contributed by atoms with Crippen LogP contribution >= 0.6 is 0 Å². The van der Waals surface area contributed by atoms with Crippen molar-refractivity contribution in [1.29, 1.82) is 0 Å². The van der Waals surface area contributed by atoms with Crippen LogP contribution in [0.5, 0.6) is 0 Å². The van der Waals surface area contributed by atoms with Crippen molar-refractivity contribution in [1.82, 2.24) is 9.88 Å². The molecule has 0 aliphatic carbocycles. The Balaban J connectivity index is 1.98. The van der Waals surface area contributed by atoms with Gasteiger partial charge in [0, 0.05) is 13.1 Å². The van der Waals surface area contributed by atoms with Crippen molar-refractivity contribution in [3.63, 3.8) is 0 Å². The zero-order valence-corrected chi connectivity index (χ0v) is 10.2. The maximum absolute atomic E-state index is 12.1. The van der Waals surface area contributed by atoms with Crippen LogP contribution in [0.25, 0.3) is 0 Å². The Labute approximate surface area is 100 Å². The lowest BCUT2D eigenvalue weighted by Gasteiger charge is -2.32. The molecule has 1 unspecified atom stereocenters. The van der Waals surface area contributed by atoms with E-state index >= 15 is 0 Å². The van der Waals surface area contributed by atoms with Gasteiger partial charge in [-0.05, 0) is 32.6 Å². The topological polar surface area (TPSA) is 66.6 Å². The minimum absolute atomic E-state index is 0.0935. The lowest BCUT2D eigenvalue weighted by Crippen LogP contribution is -2.40. The molecule has 5 heteroatoms. The van der Waals surface area contributed by atoms with Crippen LogP contribution in [0.2, 0.25) is 0 Å². The number of likely N-dealkylation sites (tertiary alicyclic amines) is 1. The summed E-state index contributed by atoms with van der Waals surface area (Å²) in [4.78, 5) is 17.8. The van der Waals surface area contributed by atoms with Crippen molar-refractivity contribution in [2.75, 3.05) is 13.1 Å². The number of nitrogens with zero attached hydrogens (tertiary/aromatic N) is 2. The number of aromatic nitrogens is 1. The Morgan fingerprint density at radius 1 is 1.59 bits per heavy atom. The number of hydrogen-bond acceptors (Lipinski definition) is 4. The van der Waals surface area contributed by atoms with Gasteiger partial charge in [0.15, 0.2) is 6.39 Å². The van der Waals surface area contributed by atoms with Crippen molar-refractivity contribution in [2.45, 2.75) is 32.8 Å². The van der Waals surface area contributed by atoms with Gasteiger partial charge in [-0.1, -0.05) is 0 Å². The van der Waals surface area contributed by atoms with Crippen LogP contribution in [0.4, 0.5) is 0 Å². The molecule has 1 atom stereocenters. The largest absolute Gasteiger partial charge is 0.438 e. The van der Waals surface area contributed by atoms with E-state index in [4.69, 9.17) is 4.42 Å². The lowest BCUT2D eigenvalue weighted by atomic mass is 9.92. The van der Waals surface area contributed by atoms with Crippen molar-refractivity contribution >= 4 is 5.91 Å². The molecule has 1 fully saturated rings. The Hall–Kier alpha value is -1.36. The van der Waals surface area contributed by atoms with Crippen LogP contribution in [-0.2, 0) is 0 Å². The second kappa shape index (κ2) is 4.87. The third-order valence-corrected chi connectivity index (χ3v) is 3.45. The summed E-state index contributed by atoms with van der Waals surface area (Å²) < 4.78 is 5.10. The molecule has 5 nitrogen and oxygen atoms in total. The van der Waals surface area contributed by atoms with Crippen LogP contribution in [0.1, 0.15) is 36.0 Å². The smallest absolute Gasteiger partial charge is 0.291 e. The van der Waals surface area contributed by atoms with Gasteiger partial charge in [0.1, 0.15) is 0 Å². The van der Waals surface area contributed by atoms with Crippen LogP contribution < -0.4 is 0 Å². The van der Waals surface area contributed by atoms with Gasteiger partial charge in [0.05, 0.1) is 11.8 Å². The number of aryl methyl sites for hydroxylation is 1. The zero-order valence-electron chi connectivity index (χ0n) is 10.2. The van der Waals surface area contributed by atoms with Crippen molar-refractivity contribution < 1.29 is 14.3 Å². The summed E-state index contributed by atoms with van der Waals surface area (Å²) in [5, 5.41) is 9.50. The minimum atomic E-state index is -0.292. The Morgan fingerprint density at radius 2 is 2.24 bits per heavy atom. The molecule has 1 saturated heterocycles. The van der Waals surface area contributed by atoms with Crippen molar-refractivity contribution in [3.05, 3.63) is 17.8 Å². The zero-order chi connectivity index (χ0) is 12.4. The van der Waals surface area contributed by atoms with E-state index in [9.17, 15) is 9.90 Å². The Morgan fingerprint density at radius 3 is 2.71 bits per heavy atom. The molecule has 1 aliphatic heterocycles. The summed E-state index contributed by atoms with van der Waals surface area (Å²) in [6, 6.07) is 0. The SMILES string of the molecule is Cc1ncoc1C(=O)N1CCC(C(C)O)CC1. The summed E-state index contributed by atoms with van der Waals surface area (Å²) in [5.74, 6) is 0.541. The van der Waals surface area contributed by atoms with Gasteiger partial charge in [0.2, 0.25) is 5.76 Å². The highest BCUT2D eigenvalue weighted by atomic mass is 16.3. The molecule has 0 bridgehead atoms. The van der Waals surface area contributed by atoms with E-state index in [0.29, 0.717) is 30.5 Å². The van der Waals surface area contributed by atoms with Gasteiger partial charge in [-0.3, -0.25) is 4.79 Å². The highest BCUT2D eigenvalue weighted by molar-refractivity contribution is 5.92. The average molecular weight is 238 g/mol. The molecule has 2 rings (SSSR count). The van der Waals surface area contributed by atoms with Gasteiger partial charge in [-0.25, -0.2) is 4.98 Å². The minimum Gasteiger partial charge on any atom is -0.438 e. The highest BCUT2D eigenvalue weighted by Crippen LogP contribution is 2.22. The standard InChI is InChI=1S/C12H18N2O3/c1-8-11(17-7-13-8)12(16)14-5-3-10(4-6-14)9(2)15/h7,9-10,15H,3-6H2,1-2H3. The third kappa shape index (κ3) is 2.49. The van der Waals surface area contributed by atoms with Gasteiger partial charge >= 0.3 is 0 Å². The predicted molar refractivity (Wildman–Crippen MR) is 61.5 cm³/mol. The molecule has 0 aromatic carbocycles. The quantitative estimate of drug-likeness (QED) is 0.841. The van der Waals surface area contributed by atoms with Crippen molar-refractivity contribution in [2.24, 2.45) is 5.92 Å². The fourth-order valence-electron chi connectivity index (χ4n) is 2.24. The summed E-state index contributed by atoms with van der Waals surface area (Å²) in [6.07, 6.45) is 2.69. The van der Waals surface area contributed by atoms with Crippen LogP contribution in [0.15, 0.2) is 10.8 Å². The molecule has 0 radical (unpaired) electrons. The van der Waals surface area contributed by atoms with E-state index in [1.54, 1.807) is 11.8 Å². The molecule has 1 aromatic heterocycles. The van der Waals surface area contributed by atoms with Gasteiger partial charge in [-0.15, -0.1) is 0 Å². The fourth-order valence-corrected chi connectivity index (χ4v) is 2.24. The number of carbonyl (C=O) groups excluding carboxylic acids is 1. The van der Waals surface area contributed by atoms with E-state index in [1.165, 1.54) is 6.39 Å². The summed E-state index contributed by atoms with van der Waals surface area (Å²) in [6.45, 7) is 4.92. The number of rotatable bonds is 2. The van der Waals surface area contributed by atoms with Gasteiger partial charge < -0.3 is 14.4 Å². The van der Waals surface area contributed by atoms with Gasteiger partial charge in [-0.2, -0.15) is 0 Å². The number of oxazole rings is 1. The molecule has 1 N–H and O–H groups in total. The Kier molecular flexibility index (Phi) is 3.47. The molecule has 94 valence electrons. The molecule has 17 heavy (non-hydrogen) atoms. The molecule has 1 aliphatic rings. The van der Waals surface area contributed by atoms with Crippen LogP contribution in [-0.4, -0.2) is 40.1 Å². The summed E-state index contributed by atoms with van der Waals surface area (Å²) >= 11 is 0. The van der Waals surface area contributed by atoms with Crippen LogP contribution in [0.3, 0.4) is 0 Å². The van der Waals surface area contributed by atoms with E-state index in [1.807, 2.05) is 6.92 Å². The number of piperidine rings is 1. The molecule has 0 saturated carbocycles. The van der Waals surface area contributed by atoms with Gasteiger partial charge in [0.25, 0.3) is 5.91 Å². The highest BCUT2D eigenvalue weighted by Gasteiger charge is 2.28. The first-order valence-corrected chi connectivity index (χ1v) is 5.97. The van der Waals surface area contributed by atoms with Crippen LogP contribution in [0, 0.1) is 12.8 Å². The molecule has 2 heterocycles. The number of hydrogen-bond donors (Lipinski definition) is 1. The first-order valence-electron chi connectivity index (χ1n) is 5.97. The molecular formula is C12H18N2O3. The molecular weight excluding hydrogens is 220 g/mol. The second-order valence-corrected chi connectivity index (χ2v) is 4.64. The number of aliphatic hydroxyl groups excluding tert-OH is 1. The first-order chi connectivity index (χ1) is 8.09. The summed E-state index contributed by atoms with van der Waals surface area (Å²) in [5.41, 5.74) is 0.632. The maximum atomic E-state index is 12.1. The number of carbonyl (C=O) groups is 1. The fraction of sp³-hybridized carbons (Fsp3) is 0.667. The lowest BCUT2D eigenvalue weighted by molar-refractivity contribution is 0.0497. The first kappa shape index (κ1) is 12.1. The summed E-state index contributed by atoms with van der Waals surface area (Å²) in [7, 11) is 0. The number of amides is 1. The predicted octanol–water partition coefficient (Wildman–Crippen LogP) is 1.22. The van der Waals surface area contributed by atoms with Crippen molar-refractivity contribution in [3.8, 4) is 0 Å². The third-order valence-electron chi connectivity index (χ3n) is 3.45. The molecule has 1 amide bonds. The Bertz CT molecular complexity index is 392. The van der Waals surface area contributed by atoms with E-state index < -0.39 is 0 Å². The van der Waals surface area contributed by atoms with E-state index in [2.05, 4.69) is 4.98 Å².